The second-order valence-corrected chi connectivity index (χ2v) is 6.49. The normalized spacial score (nSPS) is 11.2. The minimum atomic E-state index is 0.768. The molecule has 0 bridgehead atoms. The molecular formula is C22H26N4O. The van der Waals surface area contributed by atoms with E-state index in [4.69, 9.17) is 4.74 Å². The van der Waals surface area contributed by atoms with Gasteiger partial charge in [0.2, 0.25) is 0 Å². The van der Waals surface area contributed by atoms with Crippen LogP contribution in [0.15, 0.2) is 71.0 Å². The molecule has 0 aliphatic carbocycles. The van der Waals surface area contributed by atoms with Crippen LogP contribution in [0.25, 0.3) is 11.3 Å². The molecule has 0 fully saturated rings. The van der Waals surface area contributed by atoms with Crippen molar-refractivity contribution in [3.05, 3.63) is 60.8 Å². The van der Waals surface area contributed by atoms with Crippen molar-refractivity contribution in [1.82, 2.24) is 9.78 Å². The Morgan fingerprint density at radius 2 is 1.52 bits per heavy atom. The van der Waals surface area contributed by atoms with Crippen molar-refractivity contribution >= 4 is 11.4 Å². The smallest absolute Gasteiger partial charge is 0.119 e. The highest BCUT2D eigenvalue weighted by Gasteiger charge is 2.02. The summed E-state index contributed by atoms with van der Waals surface area (Å²) in [5.74, 6) is 0.881. The highest BCUT2D eigenvalue weighted by Crippen LogP contribution is 2.24. The Morgan fingerprint density at radius 3 is 2.11 bits per heavy atom. The number of hydrogen-bond acceptors (Lipinski definition) is 4. The zero-order valence-electron chi connectivity index (χ0n) is 16.0. The van der Waals surface area contributed by atoms with E-state index >= 15 is 0 Å². The van der Waals surface area contributed by atoms with E-state index in [9.17, 15) is 0 Å². The number of azo groups is 1. The lowest BCUT2D eigenvalue weighted by Crippen LogP contribution is -1.96. The van der Waals surface area contributed by atoms with E-state index < -0.39 is 0 Å². The fourth-order valence-corrected chi connectivity index (χ4v) is 2.80. The predicted octanol–water partition coefficient (Wildman–Crippen LogP) is 6.46. The maximum Gasteiger partial charge on any atom is 0.119 e. The zero-order valence-corrected chi connectivity index (χ0v) is 16.0. The predicted molar refractivity (Wildman–Crippen MR) is 109 cm³/mol. The summed E-state index contributed by atoms with van der Waals surface area (Å²) in [7, 11) is 1.93. The molecule has 0 saturated carbocycles. The van der Waals surface area contributed by atoms with Crippen molar-refractivity contribution in [3.63, 3.8) is 0 Å². The molecule has 0 aliphatic rings. The summed E-state index contributed by atoms with van der Waals surface area (Å²) in [6.45, 7) is 2.98. The highest BCUT2D eigenvalue weighted by atomic mass is 16.5. The Kier molecular flexibility index (Phi) is 6.74. The van der Waals surface area contributed by atoms with Crippen LogP contribution in [-0.4, -0.2) is 16.4 Å². The van der Waals surface area contributed by atoms with Gasteiger partial charge < -0.3 is 4.74 Å². The van der Waals surface area contributed by atoms with E-state index in [1.807, 2.05) is 66.3 Å². The topological polar surface area (TPSA) is 51.8 Å². The van der Waals surface area contributed by atoms with E-state index in [-0.39, 0.29) is 0 Å². The van der Waals surface area contributed by atoms with Crippen LogP contribution in [0.5, 0.6) is 5.75 Å². The molecule has 140 valence electrons. The number of ether oxygens (including phenoxy) is 1. The van der Waals surface area contributed by atoms with Crippen LogP contribution in [0.3, 0.4) is 0 Å². The summed E-state index contributed by atoms with van der Waals surface area (Å²) in [6, 6.07) is 17.7. The summed E-state index contributed by atoms with van der Waals surface area (Å²) in [5.41, 5.74) is 3.80. The maximum atomic E-state index is 5.75. The molecule has 0 amide bonds. The average Bonchev–Trinajstić information content (AvgIpc) is 3.13. The molecule has 3 rings (SSSR count). The van der Waals surface area contributed by atoms with Crippen molar-refractivity contribution in [2.75, 3.05) is 6.61 Å². The first-order valence-electron chi connectivity index (χ1n) is 9.49. The average molecular weight is 362 g/mol. The minimum Gasteiger partial charge on any atom is -0.494 e. The Balaban J connectivity index is 1.54. The lowest BCUT2D eigenvalue weighted by atomic mass is 10.1. The highest BCUT2D eigenvalue weighted by molar-refractivity contribution is 5.61. The third-order valence-electron chi connectivity index (χ3n) is 4.37. The number of nitrogens with zero attached hydrogens (tertiary/aromatic N) is 4. The lowest BCUT2D eigenvalue weighted by molar-refractivity contribution is 0.305. The quantitative estimate of drug-likeness (QED) is 0.324. The molecule has 0 saturated heterocycles. The van der Waals surface area contributed by atoms with Crippen LogP contribution in [0.4, 0.5) is 11.4 Å². The number of aromatic nitrogens is 2. The second-order valence-electron chi connectivity index (χ2n) is 6.49. The molecule has 1 heterocycles. The van der Waals surface area contributed by atoms with E-state index in [0.717, 1.165) is 41.4 Å². The molecule has 0 atom stereocenters. The summed E-state index contributed by atoms with van der Waals surface area (Å²) < 4.78 is 7.60. The van der Waals surface area contributed by atoms with Crippen molar-refractivity contribution in [3.8, 4) is 17.0 Å². The van der Waals surface area contributed by atoms with Crippen LogP contribution in [0.2, 0.25) is 0 Å². The standard InChI is InChI=1S/C22H26N4O/c1-3-4-5-6-17-27-21-13-11-20(12-14-21)25-24-19-9-7-18(8-10-19)22-15-16-23-26(22)2/h7-16H,3-6,17H2,1-2H3. The van der Waals surface area contributed by atoms with Gasteiger partial charge in [0.25, 0.3) is 0 Å². The zero-order chi connectivity index (χ0) is 18.9. The van der Waals surface area contributed by atoms with Crippen LogP contribution in [-0.2, 0) is 7.05 Å². The van der Waals surface area contributed by atoms with Gasteiger partial charge >= 0.3 is 0 Å². The summed E-state index contributed by atoms with van der Waals surface area (Å²) in [5, 5.41) is 12.8. The largest absolute Gasteiger partial charge is 0.494 e. The van der Waals surface area contributed by atoms with Crippen LogP contribution in [0, 0.1) is 0 Å². The molecule has 27 heavy (non-hydrogen) atoms. The Bertz CT molecular complexity index is 851. The van der Waals surface area contributed by atoms with Crippen molar-refractivity contribution in [2.45, 2.75) is 32.6 Å². The molecule has 5 heteroatoms. The van der Waals surface area contributed by atoms with Gasteiger partial charge in [-0.25, -0.2) is 0 Å². The van der Waals surface area contributed by atoms with Crippen LogP contribution in [0.1, 0.15) is 32.6 Å². The van der Waals surface area contributed by atoms with Gasteiger partial charge in [-0.15, -0.1) is 0 Å². The molecule has 0 unspecified atom stereocenters. The third-order valence-corrected chi connectivity index (χ3v) is 4.37. The van der Waals surface area contributed by atoms with Gasteiger partial charge in [-0.3, -0.25) is 4.68 Å². The number of benzene rings is 2. The van der Waals surface area contributed by atoms with Gasteiger partial charge in [0, 0.05) is 13.2 Å². The number of aryl methyl sites for hydroxylation is 1. The van der Waals surface area contributed by atoms with Crippen LogP contribution < -0.4 is 4.74 Å². The van der Waals surface area contributed by atoms with E-state index in [0.29, 0.717) is 0 Å². The van der Waals surface area contributed by atoms with E-state index in [1.54, 1.807) is 6.20 Å². The van der Waals surface area contributed by atoms with Gasteiger partial charge in [0.15, 0.2) is 0 Å². The van der Waals surface area contributed by atoms with Gasteiger partial charge in [-0.2, -0.15) is 15.3 Å². The fraction of sp³-hybridized carbons (Fsp3) is 0.318. The lowest BCUT2D eigenvalue weighted by Gasteiger charge is -2.05. The van der Waals surface area contributed by atoms with Gasteiger partial charge in [-0.05, 0) is 54.4 Å². The third kappa shape index (κ3) is 5.51. The first-order chi connectivity index (χ1) is 13.3. The van der Waals surface area contributed by atoms with E-state index in [2.05, 4.69) is 22.3 Å². The second kappa shape index (κ2) is 9.67. The maximum absolute atomic E-state index is 5.75. The minimum absolute atomic E-state index is 0.768. The molecule has 0 N–H and O–H groups in total. The summed E-state index contributed by atoms with van der Waals surface area (Å²) >= 11 is 0. The molecule has 0 aliphatic heterocycles. The molecular weight excluding hydrogens is 336 g/mol. The summed E-state index contributed by atoms with van der Waals surface area (Å²) in [6.07, 6.45) is 6.63. The SMILES string of the molecule is CCCCCCOc1ccc(N=Nc2ccc(-c3ccnn3C)cc2)cc1. The van der Waals surface area contributed by atoms with Crippen molar-refractivity contribution in [1.29, 1.82) is 0 Å². The first-order valence-corrected chi connectivity index (χ1v) is 9.49. The fourth-order valence-electron chi connectivity index (χ4n) is 2.80. The Morgan fingerprint density at radius 1 is 0.852 bits per heavy atom. The molecule has 2 aromatic carbocycles. The number of hydrogen-bond donors (Lipinski definition) is 0. The monoisotopic (exact) mass is 362 g/mol. The van der Waals surface area contributed by atoms with Crippen molar-refractivity contribution < 1.29 is 4.74 Å². The summed E-state index contributed by atoms with van der Waals surface area (Å²) in [4.78, 5) is 0. The molecule has 0 radical (unpaired) electrons. The number of unbranched alkanes of at least 4 members (excludes halogenated alkanes) is 3. The van der Waals surface area contributed by atoms with Crippen molar-refractivity contribution in [2.24, 2.45) is 17.3 Å². The van der Waals surface area contributed by atoms with E-state index in [1.165, 1.54) is 19.3 Å². The Hall–Kier alpha value is -2.95. The first kappa shape index (κ1) is 18.8. The molecule has 0 spiro atoms. The number of rotatable bonds is 9. The van der Waals surface area contributed by atoms with Gasteiger partial charge in [0.05, 0.1) is 23.7 Å². The Labute approximate surface area is 160 Å². The van der Waals surface area contributed by atoms with Crippen LogP contribution >= 0.6 is 0 Å². The molecule has 3 aromatic rings. The van der Waals surface area contributed by atoms with Gasteiger partial charge in [-0.1, -0.05) is 38.3 Å². The molecule has 5 nitrogen and oxygen atoms in total. The van der Waals surface area contributed by atoms with Gasteiger partial charge in [0.1, 0.15) is 5.75 Å². The molecule has 1 aromatic heterocycles.